The molecule has 2 saturated heterocycles. The molecular weight excluding hydrogens is 516 g/mol. The molecule has 0 aliphatic carbocycles. The molecule has 5 heterocycles. The van der Waals surface area contributed by atoms with E-state index >= 15 is 0 Å². The minimum Gasteiger partial charge on any atom is -0.496 e. The fraction of sp³-hybridized carbons (Fsp3) is 0.393. The number of pyridine rings is 1. The lowest BCUT2D eigenvalue weighted by molar-refractivity contribution is 0.395. The van der Waals surface area contributed by atoms with Gasteiger partial charge >= 0.3 is 0 Å². The van der Waals surface area contributed by atoms with E-state index in [0.717, 1.165) is 86.3 Å². The van der Waals surface area contributed by atoms with Gasteiger partial charge in [0.1, 0.15) is 17.1 Å². The number of piperidine rings is 1. The number of nitrogens with zero attached hydrogens (tertiary/aromatic N) is 7. The van der Waals surface area contributed by atoms with E-state index in [2.05, 4.69) is 36.8 Å². The highest BCUT2D eigenvalue weighted by Gasteiger charge is 2.22. The number of piperazine rings is 1. The van der Waals surface area contributed by atoms with Gasteiger partial charge in [-0.15, -0.1) is 0 Å². The summed E-state index contributed by atoms with van der Waals surface area (Å²) in [5.74, 6) is 2.02. The molecule has 6 rings (SSSR count). The monoisotopic (exact) mass is 548 g/mol. The molecule has 39 heavy (non-hydrogen) atoms. The second-order valence-corrected chi connectivity index (χ2v) is 10.4. The lowest BCUT2D eigenvalue weighted by Gasteiger charge is -2.37. The van der Waals surface area contributed by atoms with Crippen LogP contribution in [0.3, 0.4) is 0 Å². The van der Waals surface area contributed by atoms with Gasteiger partial charge < -0.3 is 34.3 Å². The van der Waals surface area contributed by atoms with Crippen molar-refractivity contribution >= 4 is 34.6 Å². The zero-order chi connectivity index (χ0) is 26.9. The minimum absolute atomic E-state index is 0.296. The molecule has 2 aliphatic heterocycles. The molecule has 10 nitrogen and oxygen atoms in total. The Morgan fingerprint density at radius 3 is 2.18 bits per heavy atom. The van der Waals surface area contributed by atoms with Gasteiger partial charge in [0.15, 0.2) is 0 Å². The Bertz CT molecular complexity index is 1440. The third-order valence-electron chi connectivity index (χ3n) is 7.65. The second kappa shape index (κ2) is 10.8. The standard InChI is InChI=1S/C28H33ClN8O2/c1-38-25-15-26(39-2)23(29)14-22(25)24-18-37-8-5-20(13-27(37)33-24)34-9-11-35(12-10-34)21-16-31-28(32-17-21)36-6-3-19(30)4-7-36/h5,8,13-19H,3-4,6-7,9-12,30H2,1-2H3. The molecule has 0 bridgehead atoms. The van der Waals surface area contributed by atoms with Gasteiger partial charge in [-0.25, -0.2) is 15.0 Å². The number of fused-ring (bicyclic) bond motifs is 1. The first-order valence-electron chi connectivity index (χ1n) is 13.3. The summed E-state index contributed by atoms with van der Waals surface area (Å²) < 4.78 is 12.9. The molecule has 0 amide bonds. The van der Waals surface area contributed by atoms with Crippen LogP contribution in [0.15, 0.2) is 49.1 Å². The Morgan fingerprint density at radius 2 is 1.51 bits per heavy atom. The molecule has 0 saturated carbocycles. The molecule has 0 unspecified atom stereocenters. The highest BCUT2D eigenvalue weighted by atomic mass is 35.5. The van der Waals surface area contributed by atoms with Crippen molar-refractivity contribution in [2.45, 2.75) is 18.9 Å². The molecule has 11 heteroatoms. The fourth-order valence-electron chi connectivity index (χ4n) is 5.32. The molecule has 1 aromatic carbocycles. The predicted octanol–water partition coefficient (Wildman–Crippen LogP) is 3.72. The van der Waals surface area contributed by atoms with Crippen molar-refractivity contribution in [3.05, 3.63) is 54.1 Å². The van der Waals surface area contributed by atoms with Crippen LogP contribution in [-0.2, 0) is 0 Å². The van der Waals surface area contributed by atoms with Crippen LogP contribution in [0.5, 0.6) is 11.5 Å². The summed E-state index contributed by atoms with van der Waals surface area (Å²) in [5.41, 5.74) is 10.7. The molecule has 0 radical (unpaired) electrons. The Kier molecular flexibility index (Phi) is 7.05. The van der Waals surface area contributed by atoms with Crippen LogP contribution in [-0.4, -0.2) is 78.9 Å². The average Bonchev–Trinajstić information content (AvgIpc) is 3.41. The van der Waals surface area contributed by atoms with E-state index in [-0.39, 0.29) is 0 Å². The summed E-state index contributed by atoms with van der Waals surface area (Å²) >= 11 is 6.40. The number of methoxy groups -OCH3 is 2. The second-order valence-electron chi connectivity index (χ2n) is 10.0. The molecule has 2 N–H and O–H groups in total. The van der Waals surface area contributed by atoms with Gasteiger partial charge in [-0.05, 0) is 25.0 Å². The summed E-state index contributed by atoms with van der Waals surface area (Å²) in [6.45, 7) is 5.43. The van der Waals surface area contributed by atoms with Gasteiger partial charge in [0.05, 0.1) is 43.0 Å². The van der Waals surface area contributed by atoms with Crippen LogP contribution in [0, 0.1) is 0 Å². The third kappa shape index (κ3) is 5.14. The first kappa shape index (κ1) is 25.5. The quantitative estimate of drug-likeness (QED) is 0.386. The van der Waals surface area contributed by atoms with Gasteiger partial charge in [-0.2, -0.15) is 0 Å². The number of rotatable bonds is 6. The van der Waals surface area contributed by atoms with Crippen molar-refractivity contribution < 1.29 is 9.47 Å². The van der Waals surface area contributed by atoms with Crippen LogP contribution >= 0.6 is 11.6 Å². The molecule has 4 aromatic rings. The number of benzene rings is 1. The highest BCUT2D eigenvalue weighted by Crippen LogP contribution is 2.38. The molecule has 0 atom stereocenters. The highest BCUT2D eigenvalue weighted by molar-refractivity contribution is 6.32. The lowest BCUT2D eigenvalue weighted by Crippen LogP contribution is -2.46. The van der Waals surface area contributed by atoms with Gasteiger partial charge in [-0.1, -0.05) is 11.6 Å². The number of imidazole rings is 1. The Balaban J connectivity index is 1.13. The summed E-state index contributed by atoms with van der Waals surface area (Å²) in [6, 6.07) is 8.17. The largest absolute Gasteiger partial charge is 0.496 e. The van der Waals surface area contributed by atoms with E-state index in [1.807, 2.05) is 35.3 Å². The van der Waals surface area contributed by atoms with E-state index in [1.165, 1.54) is 0 Å². The summed E-state index contributed by atoms with van der Waals surface area (Å²) in [4.78, 5) is 21.1. The van der Waals surface area contributed by atoms with Crippen molar-refractivity contribution in [3.8, 4) is 22.8 Å². The number of nitrogens with two attached hydrogens (primary N) is 1. The summed E-state index contributed by atoms with van der Waals surface area (Å²) in [6.07, 6.45) is 9.91. The molecule has 2 fully saturated rings. The number of ether oxygens (including phenoxy) is 2. The van der Waals surface area contributed by atoms with E-state index in [4.69, 9.17) is 31.8 Å². The van der Waals surface area contributed by atoms with Crippen LogP contribution < -0.4 is 29.9 Å². The van der Waals surface area contributed by atoms with Gasteiger partial charge in [0, 0.05) is 81.1 Å². The number of aromatic nitrogens is 4. The number of hydrogen-bond acceptors (Lipinski definition) is 9. The average molecular weight is 549 g/mol. The Hall–Kier alpha value is -3.76. The molecule has 2 aliphatic rings. The third-order valence-corrected chi connectivity index (χ3v) is 7.95. The zero-order valence-electron chi connectivity index (χ0n) is 22.3. The van der Waals surface area contributed by atoms with Crippen molar-refractivity contribution in [2.24, 2.45) is 5.73 Å². The van der Waals surface area contributed by atoms with Gasteiger partial charge in [0.25, 0.3) is 0 Å². The lowest BCUT2D eigenvalue weighted by atomic mass is 10.1. The Morgan fingerprint density at radius 1 is 0.846 bits per heavy atom. The maximum atomic E-state index is 6.40. The SMILES string of the molecule is COc1cc(OC)c(-c2cn3ccc(N4CCN(c5cnc(N6CCC(N)CC6)nc5)CC4)cc3n2)cc1Cl. The van der Waals surface area contributed by atoms with Crippen LogP contribution in [0.2, 0.25) is 5.02 Å². The van der Waals surface area contributed by atoms with Crippen molar-refractivity contribution in [3.63, 3.8) is 0 Å². The maximum absolute atomic E-state index is 6.40. The summed E-state index contributed by atoms with van der Waals surface area (Å²) in [7, 11) is 3.22. The first-order chi connectivity index (χ1) is 19.0. The number of anilines is 3. The van der Waals surface area contributed by atoms with E-state index in [0.29, 0.717) is 22.6 Å². The summed E-state index contributed by atoms with van der Waals surface area (Å²) in [5, 5.41) is 0.514. The molecular formula is C28H33ClN8O2. The van der Waals surface area contributed by atoms with Crippen molar-refractivity contribution in [1.82, 2.24) is 19.4 Å². The zero-order valence-corrected chi connectivity index (χ0v) is 23.0. The van der Waals surface area contributed by atoms with Crippen LogP contribution in [0.25, 0.3) is 16.9 Å². The topological polar surface area (TPSA) is 97.3 Å². The van der Waals surface area contributed by atoms with Crippen molar-refractivity contribution in [2.75, 3.05) is 68.2 Å². The molecule has 3 aromatic heterocycles. The van der Waals surface area contributed by atoms with Crippen LogP contribution in [0.1, 0.15) is 12.8 Å². The number of hydrogen-bond donors (Lipinski definition) is 1. The van der Waals surface area contributed by atoms with E-state index < -0.39 is 0 Å². The van der Waals surface area contributed by atoms with Gasteiger partial charge in [0.2, 0.25) is 5.95 Å². The van der Waals surface area contributed by atoms with Gasteiger partial charge in [-0.3, -0.25) is 0 Å². The smallest absolute Gasteiger partial charge is 0.225 e. The number of halogens is 1. The minimum atomic E-state index is 0.296. The fourth-order valence-corrected chi connectivity index (χ4v) is 5.56. The van der Waals surface area contributed by atoms with E-state index in [9.17, 15) is 0 Å². The Labute approximate surface area is 232 Å². The predicted molar refractivity (Wildman–Crippen MR) is 155 cm³/mol. The first-order valence-corrected chi connectivity index (χ1v) is 13.6. The molecule has 0 spiro atoms. The van der Waals surface area contributed by atoms with Crippen molar-refractivity contribution in [1.29, 1.82) is 0 Å². The normalized spacial score (nSPS) is 16.7. The van der Waals surface area contributed by atoms with E-state index in [1.54, 1.807) is 20.3 Å². The molecule has 204 valence electrons. The maximum Gasteiger partial charge on any atom is 0.225 e. The van der Waals surface area contributed by atoms with Crippen LogP contribution in [0.4, 0.5) is 17.3 Å².